The number of halogens is 2. The van der Waals surface area contributed by atoms with Gasteiger partial charge in [-0.25, -0.2) is 0 Å². The fourth-order valence-electron chi connectivity index (χ4n) is 1.83. The van der Waals surface area contributed by atoms with Gasteiger partial charge in [0.1, 0.15) is 0 Å². The van der Waals surface area contributed by atoms with E-state index in [1.54, 1.807) is 0 Å². The van der Waals surface area contributed by atoms with Gasteiger partial charge in [0, 0.05) is 12.8 Å². The monoisotopic (exact) mass is 322 g/mol. The van der Waals surface area contributed by atoms with Gasteiger partial charge >= 0.3 is 0 Å². The average Bonchev–Trinajstić information content (AvgIpc) is 2.39. The van der Waals surface area contributed by atoms with Gasteiger partial charge in [-0.2, -0.15) is 0 Å². The van der Waals surface area contributed by atoms with Crippen LogP contribution in [0.5, 0.6) is 0 Å². The van der Waals surface area contributed by atoms with Gasteiger partial charge < -0.3 is 0 Å². The summed E-state index contributed by atoms with van der Waals surface area (Å²) in [6.45, 7) is 0. The van der Waals surface area contributed by atoms with Crippen LogP contribution in [-0.2, 0) is 19.2 Å². The van der Waals surface area contributed by atoms with E-state index in [9.17, 15) is 19.2 Å². The largest absolute Gasteiger partial charge is 0.289 e. The highest BCUT2D eigenvalue weighted by Gasteiger charge is 2.09. The fraction of sp³-hybridized carbons (Fsp3) is 0.714. The topological polar surface area (TPSA) is 68.3 Å². The molecule has 0 spiro atoms. The minimum atomic E-state index is -0.880. The molecule has 0 fully saturated rings. The van der Waals surface area contributed by atoms with E-state index < -0.39 is 22.1 Å². The molecule has 0 aliphatic carbocycles. The molecule has 0 atom stereocenters. The highest BCUT2D eigenvalue weighted by molar-refractivity contribution is 6.81. The molecule has 0 amide bonds. The molecule has 0 aromatic rings. The van der Waals surface area contributed by atoms with Crippen molar-refractivity contribution in [1.82, 2.24) is 0 Å². The summed E-state index contributed by atoms with van der Waals surface area (Å²) in [5, 5.41) is -1.76. The number of ketones is 2. The van der Waals surface area contributed by atoms with Crippen LogP contribution in [0.4, 0.5) is 0 Å². The number of carbonyl (C=O) groups is 4. The summed E-state index contributed by atoms with van der Waals surface area (Å²) in [6, 6.07) is 0. The minimum Gasteiger partial charge on any atom is -0.289 e. The van der Waals surface area contributed by atoms with Crippen molar-refractivity contribution in [2.45, 2.75) is 64.2 Å². The average molecular weight is 323 g/mol. The number of rotatable bonds is 13. The smallest absolute Gasteiger partial charge is 0.288 e. The molecule has 0 heterocycles. The zero-order chi connectivity index (χ0) is 15.4. The highest BCUT2D eigenvalue weighted by atomic mass is 35.5. The van der Waals surface area contributed by atoms with Crippen LogP contribution in [-0.4, -0.2) is 22.1 Å². The first-order chi connectivity index (χ1) is 9.45. The zero-order valence-electron chi connectivity index (χ0n) is 11.5. The van der Waals surface area contributed by atoms with Crippen molar-refractivity contribution in [2.75, 3.05) is 0 Å². The van der Waals surface area contributed by atoms with Crippen LogP contribution in [0, 0.1) is 0 Å². The van der Waals surface area contributed by atoms with Crippen LogP contribution in [0.1, 0.15) is 64.2 Å². The predicted octanol–water partition coefficient (Wildman–Crippen LogP) is 3.56. The van der Waals surface area contributed by atoms with Crippen molar-refractivity contribution < 1.29 is 19.2 Å². The van der Waals surface area contributed by atoms with Crippen molar-refractivity contribution in [3.8, 4) is 0 Å². The fourth-order valence-corrected chi connectivity index (χ4v) is 2.02. The first-order valence-electron chi connectivity index (χ1n) is 6.90. The summed E-state index contributed by atoms with van der Waals surface area (Å²) in [5.41, 5.74) is 0. The summed E-state index contributed by atoms with van der Waals surface area (Å²) in [4.78, 5) is 42.7. The van der Waals surface area contributed by atoms with Gasteiger partial charge in [-0.15, -0.1) is 0 Å². The number of carbonyl (C=O) groups excluding carboxylic acids is 4. The maximum atomic E-state index is 10.9. The Bertz CT molecular complexity index is 319. The van der Waals surface area contributed by atoms with E-state index in [1.165, 1.54) is 0 Å². The summed E-state index contributed by atoms with van der Waals surface area (Å²) < 4.78 is 0. The van der Waals surface area contributed by atoms with Crippen LogP contribution in [0.2, 0.25) is 0 Å². The van der Waals surface area contributed by atoms with Crippen molar-refractivity contribution >= 4 is 45.3 Å². The van der Waals surface area contributed by atoms with E-state index in [2.05, 4.69) is 0 Å². The third-order valence-electron chi connectivity index (χ3n) is 3.00. The molecule has 0 N–H and O–H groups in total. The Morgan fingerprint density at radius 3 is 1.00 bits per heavy atom. The van der Waals surface area contributed by atoms with Crippen molar-refractivity contribution in [3.05, 3.63) is 0 Å². The predicted molar refractivity (Wildman–Crippen MR) is 77.9 cm³/mol. The lowest BCUT2D eigenvalue weighted by Crippen LogP contribution is -2.06. The third-order valence-corrected chi connectivity index (χ3v) is 3.42. The first-order valence-corrected chi connectivity index (χ1v) is 7.66. The first kappa shape index (κ1) is 19.3. The Labute approximate surface area is 129 Å². The Morgan fingerprint density at radius 2 is 0.750 bits per heavy atom. The normalized spacial score (nSPS) is 10.3. The van der Waals surface area contributed by atoms with E-state index in [1.807, 2.05) is 0 Å². The Morgan fingerprint density at radius 1 is 0.500 bits per heavy atom. The SMILES string of the molecule is O=C(Cl)C(=O)CCCCCCCCCCC(=O)C(=O)Cl. The summed E-state index contributed by atoms with van der Waals surface area (Å²) in [6.07, 6.45) is 7.84. The van der Waals surface area contributed by atoms with Gasteiger partial charge in [0.15, 0.2) is 0 Å². The van der Waals surface area contributed by atoms with Gasteiger partial charge in [-0.05, 0) is 36.0 Å². The van der Waals surface area contributed by atoms with Gasteiger partial charge in [0.25, 0.3) is 10.5 Å². The van der Waals surface area contributed by atoms with E-state index in [0.717, 1.165) is 38.5 Å². The standard InChI is InChI=1S/C14H20Cl2O4/c15-13(19)11(17)9-7-5-3-1-2-4-6-8-10-12(18)14(16)20/h1-10H2. The molecule has 0 saturated heterocycles. The van der Waals surface area contributed by atoms with Crippen molar-refractivity contribution in [2.24, 2.45) is 0 Å². The molecule has 20 heavy (non-hydrogen) atoms. The molecule has 0 radical (unpaired) electrons. The molecule has 4 nitrogen and oxygen atoms in total. The Kier molecular flexibility index (Phi) is 11.6. The van der Waals surface area contributed by atoms with Crippen LogP contribution >= 0.6 is 23.2 Å². The molecule has 0 aliphatic rings. The number of Topliss-reactive ketones (excluding diaryl/α,β-unsaturated/α-hetero) is 2. The van der Waals surface area contributed by atoms with Gasteiger partial charge in [-0.1, -0.05) is 38.5 Å². The molecule has 0 aromatic carbocycles. The second-order valence-electron chi connectivity index (χ2n) is 4.72. The van der Waals surface area contributed by atoms with E-state index in [4.69, 9.17) is 23.2 Å². The summed E-state index contributed by atoms with van der Waals surface area (Å²) in [5.74, 6) is -1.02. The summed E-state index contributed by atoms with van der Waals surface area (Å²) >= 11 is 10.1. The van der Waals surface area contributed by atoms with E-state index in [0.29, 0.717) is 12.8 Å². The van der Waals surface area contributed by atoms with Crippen molar-refractivity contribution in [3.63, 3.8) is 0 Å². The van der Waals surface area contributed by atoms with E-state index >= 15 is 0 Å². The Balaban J connectivity index is 3.25. The maximum absolute atomic E-state index is 10.9. The molecule has 0 bridgehead atoms. The molecule has 0 unspecified atom stereocenters. The molecule has 0 rings (SSSR count). The number of hydrogen-bond donors (Lipinski definition) is 0. The summed E-state index contributed by atoms with van der Waals surface area (Å²) in [7, 11) is 0. The molecular formula is C14H20Cl2O4. The highest BCUT2D eigenvalue weighted by Crippen LogP contribution is 2.11. The maximum Gasteiger partial charge on any atom is 0.288 e. The lowest BCUT2D eigenvalue weighted by molar-refractivity contribution is -0.132. The van der Waals surface area contributed by atoms with Crippen LogP contribution in [0.25, 0.3) is 0 Å². The Hall–Kier alpha value is -0.740. The van der Waals surface area contributed by atoms with Crippen LogP contribution in [0.3, 0.4) is 0 Å². The van der Waals surface area contributed by atoms with E-state index in [-0.39, 0.29) is 12.8 Å². The number of unbranched alkanes of at least 4 members (excludes halogenated alkanes) is 7. The molecule has 0 aliphatic heterocycles. The van der Waals surface area contributed by atoms with Crippen LogP contribution in [0.15, 0.2) is 0 Å². The van der Waals surface area contributed by atoms with Gasteiger partial charge in [-0.3, -0.25) is 19.2 Å². The second kappa shape index (κ2) is 12.0. The van der Waals surface area contributed by atoms with Gasteiger partial charge in [0.2, 0.25) is 11.6 Å². The van der Waals surface area contributed by atoms with Gasteiger partial charge in [0.05, 0.1) is 0 Å². The van der Waals surface area contributed by atoms with Crippen LogP contribution < -0.4 is 0 Å². The molecule has 6 heteroatoms. The van der Waals surface area contributed by atoms with Crippen molar-refractivity contribution in [1.29, 1.82) is 0 Å². The lowest BCUT2D eigenvalue weighted by Gasteiger charge is -2.01. The molecule has 0 saturated carbocycles. The quantitative estimate of drug-likeness (QED) is 0.295. The second-order valence-corrected chi connectivity index (χ2v) is 5.41. The third kappa shape index (κ3) is 11.1. The minimum absolute atomic E-state index is 0.233. The molecular weight excluding hydrogens is 303 g/mol. The number of hydrogen-bond acceptors (Lipinski definition) is 4. The molecule has 114 valence electrons. The molecule has 0 aromatic heterocycles. The lowest BCUT2D eigenvalue weighted by atomic mass is 10.0. The zero-order valence-corrected chi connectivity index (χ0v) is 13.0.